The minimum Gasteiger partial charge on any atom is -0.383 e. The molecule has 20 heavy (non-hydrogen) atoms. The molecule has 0 fully saturated rings. The smallest absolute Gasteiger partial charge is 0.132 e. The minimum absolute atomic E-state index is 0.533. The van der Waals surface area contributed by atoms with Crippen molar-refractivity contribution in [3.05, 3.63) is 30.9 Å². The van der Waals surface area contributed by atoms with Gasteiger partial charge in [0.05, 0.1) is 18.2 Å². The Morgan fingerprint density at radius 2 is 2.25 bits per heavy atom. The summed E-state index contributed by atoms with van der Waals surface area (Å²) in [5.74, 6) is 1.11. The quantitative estimate of drug-likeness (QED) is 0.788. The zero-order valence-electron chi connectivity index (χ0n) is 12.1. The average molecular weight is 274 g/mol. The Morgan fingerprint density at radius 1 is 1.40 bits per heavy atom. The lowest BCUT2D eigenvalue weighted by molar-refractivity contribution is 0.105. The van der Waals surface area contributed by atoms with Crippen LogP contribution in [0.3, 0.4) is 0 Å². The molecule has 5 heteroatoms. The first-order chi connectivity index (χ1) is 9.68. The normalized spacial score (nSPS) is 11.2. The molecule has 0 aromatic carbocycles. The number of nitrogens with zero attached hydrogens (tertiary/aromatic N) is 3. The van der Waals surface area contributed by atoms with Gasteiger partial charge in [-0.2, -0.15) is 0 Å². The van der Waals surface area contributed by atoms with Crippen molar-refractivity contribution in [3.8, 4) is 11.3 Å². The van der Waals surface area contributed by atoms with Crippen molar-refractivity contribution in [2.75, 3.05) is 18.9 Å². The lowest BCUT2D eigenvalue weighted by Gasteiger charge is -2.10. The molecule has 2 aromatic rings. The highest BCUT2D eigenvalue weighted by Gasteiger charge is 2.08. The van der Waals surface area contributed by atoms with Crippen LogP contribution in [0.2, 0.25) is 0 Å². The van der Waals surface area contributed by atoms with Crippen LogP contribution in [0, 0.1) is 5.92 Å². The third-order valence-corrected chi connectivity index (χ3v) is 2.97. The summed E-state index contributed by atoms with van der Waals surface area (Å²) in [6.07, 6.45) is 6.29. The van der Waals surface area contributed by atoms with Crippen LogP contribution in [0.4, 0.5) is 5.82 Å². The summed E-state index contributed by atoms with van der Waals surface area (Å²) >= 11 is 0. The number of aromatic nitrogens is 3. The molecule has 0 aliphatic carbocycles. The fraction of sp³-hybridized carbons (Fsp3) is 0.467. The Kier molecular flexibility index (Phi) is 5.12. The van der Waals surface area contributed by atoms with Crippen molar-refractivity contribution < 1.29 is 4.74 Å². The van der Waals surface area contributed by atoms with E-state index in [1.165, 1.54) is 0 Å². The van der Waals surface area contributed by atoms with Gasteiger partial charge in [0, 0.05) is 31.5 Å². The maximum Gasteiger partial charge on any atom is 0.132 e. The van der Waals surface area contributed by atoms with Crippen molar-refractivity contribution in [1.29, 1.82) is 0 Å². The predicted octanol–water partition coefficient (Wildman–Crippen LogP) is 2.59. The van der Waals surface area contributed by atoms with Crippen molar-refractivity contribution in [2.45, 2.75) is 26.8 Å². The highest BCUT2D eigenvalue weighted by Crippen LogP contribution is 2.23. The molecule has 0 amide bonds. The van der Waals surface area contributed by atoms with E-state index in [-0.39, 0.29) is 0 Å². The van der Waals surface area contributed by atoms with E-state index in [2.05, 4.69) is 28.4 Å². The molecule has 2 N–H and O–H groups in total. The van der Waals surface area contributed by atoms with Gasteiger partial charge in [-0.15, -0.1) is 0 Å². The van der Waals surface area contributed by atoms with Crippen LogP contribution < -0.4 is 5.73 Å². The number of rotatable bonds is 7. The molecule has 0 radical (unpaired) electrons. The number of nitrogen functional groups attached to an aromatic ring is 1. The van der Waals surface area contributed by atoms with Crippen molar-refractivity contribution in [3.63, 3.8) is 0 Å². The van der Waals surface area contributed by atoms with Crippen LogP contribution in [0.25, 0.3) is 11.3 Å². The average Bonchev–Trinajstić information content (AvgIpc) is 2.87. The first-order valence-electron chi connectivity index (χ1n) is 6.97. The van der Waals surface area contributed by atoms with E-state index in [1.807, 2.05) is 24.7 Å². The van der Waals surface area contributed by atoms with Gasteiger partial charge >= 0.3 is 0 Å². The largest absolute Gasteiger partial charge is 0.383 e. The van der Waals surface area contributed by atoms with Crippen LogP contribution >= 0.6 is 0 Å². The third kappa shape index (κ3) is 3.81. The number of hydrogen-bond acceptors (Lipinski definition) is 4. The summed E-state index contributed by atoms with van der Waals surface area (Å²) in [6.45, 7) is 6.74. The van der Waals surface area contributed by atoms with Gasteiger partial charge in [-0.05, 0) is 24.5 Å². The minimum atomic E-state index is 0.533. The lowest BCUT2D eigenvalue weighted by Crippen LogP contribution is -2.07. The zero-order valence-corrected chi connectivity index (χ0v) is 12.1. The molecule has 2 rings (SSSR count). The van der Waals surface area contributed by atoms with Crippen LogP contribution in [-0.2, 0) is 11.3 Å². The fourth-order valence-electron chi connectivity index (χ4n) is 2.01. The molecular formula is C15H22N4O. The number of anilines is 1. The standard InChI is InChI=1S/C15H22N4O/c1-12(2)10-20-8-4-7-19-11-17-9-14(19)13-5-3-6-18-15(13)16/h3,5-6,9,11-12H,4,7-8,10H2,1-2H3,(H2,16,18). The van der Waals surface area contributed by atoms with E-state index in [0.717, 1.165) is 37.4 Å². The van der Waals surface area contributed by atoms with Gasteiger partial charge in [-0.1, -0.05) is 13.8 Å². The molecular weight excluding hydrogens is 252 g/mol. The van der Waals surface area contributed by atoms with Gasteiger partial charge in [0.15, 0.2) is 0 Å². The van der Waals surface area contributed by atoms with Gasteiger partial charge < -0.3 is 15.0 Å². The van der Waals surface area contributed by atoms with Crippen LogP contribution in [0.1, 0.15) is 20.3 Å². The van der Waals surface area contributed by atoms with E-state index in [4.69, 9.17) is 10.5 Å². The molecule has 2 heterocycles. The Morgan fingerprint density at radius 3 is 3.00 bits per heavy atom. The molecule has 0 aliphatic heterocycles. The van der Waals surface area contributed by atoms with Gasteiger partial charge in [0.1, 0.15) is 5.82 Å². The summed E-state index contributed by atoms with van der Waals surface area (Å²) in [5.41, 5.74) is 7.84. The molecule has 0 spiro atoms. The second-order valence-electron chi connectivity index (χ2n) is 5.23. The Bertz CT molecular complexity index is 536. The monoisotopic (exact) mass is 274 g/mol. The van der Waals surface area contributed by atoms with Gasteiger partial charge in [-0.3, -0.25) is 0 Å². The number of ether oxygens (including phenoxy) is 1. The molecule has 2 aromatic heterocycles. The number of pyridine rings is 1. The summed E-state index contributed by atoms with van der Waals surface area (Å²) in [6, 6.07) is 3.85. The molecule has 0 unspecified atom stereocenters. The van der Waals surface area contributed by atoms with Crippen LogP contribution in [-0.4, -0.2) is 27.7 Å². The van der Waals surface area contributed by atoms with Crippen molar-refractivity contribution in [1.82, 2.24) is 14.5 Å². The highest BCUT2D eigenvalue weighted by molar-refractivity contribution is 5.70. The van der Waals surface area contributed by atoms with Crippen LogP contribution in [0.15, 0.2) is 30.9 Å². The topological polar surface area (TPSA) is 66.0 Å². The Balaban J connectivity index is 1.94. The van der Waals surface area contributed by atoms with Crippen molar-refractivity contribution >= 4 is 5.82 Å². The first kappa shape index (κ1) is 14.5. The lowest BCUT2D eigenvalue weighted by atomic mass is 10.2. The van der Waals surface area contributed by atoms with Crippen molar-refractivity contribution in [2.24, 2.45) is 5.92 Å². The van der Waals surface area contributed by atoms with E-state index in [1.54, 1.807) is 6.20 Å². The van der Waals surface area contributed by atoms with Gasteiger partial charge in [0.2, 0.25) is 0 Å². The van der Waals surface area contributed by atoms with E-state index in [9.17, 15) is 0 Å². The SMILES string of the molecule is CC(C)COCCCn1cncc1-c1cccnc1N. The fourth-order valence-corrected chi connectivity index (χ4v) is 2.01. The summed E-state index contributed by atoms with van der Waals surface area (Å²) in [7, 11) is 0. The second kappa shape index (κ2) is 7.05. The molecule has 0 bridgehead atoms. The molecule has 0 saturated heterocycles. The number of aryl methyl sites for hydroxylation is 1. The maximum absolute atomic E-state index is 5.91. The third-order valence-electron chi connectivity index (χ3n) is 2.97. The molecule has 5 nitrogen and oxygen atoms in total. The summed E-state index contributed by atoms with van der Waals surface area (Å²) in [5, 5.41) is 0. The second-order valence-corrected chi connectivity index (χ2v) is 5.23. The maximum atomic E-state index is 5.91. The highest BCUT2D eigenvalue weighted by atomic mass is 16.5. The van der Waals surface area contributed by atoms with E-state index >= 15 is 0 Å². The van der Waals surface area contributed by atoms with E-state index < -0.39 is 0 Å². The molecule has 0 saturated carbocycles. The Labute approximate surface area is 119 Å². The number of imidazole rings is 1. The van der Waals surface area contributed by atoms with Gasteiger partial charge in [-0.25, -0.2) is 9.97 Å². The molecule has 108 valence electrons. The molecule has 0 atom stereocenters. The summed E-state index contributed by atoms with van der Waals surface area (Å²) < 4.78 is 7.68. The van der Waals surface area contributed by atoms with Crippen LogP contribution in [0.5, 0.6) is 0 Å². The first-order valence-corrected chi connectivity index (χ1v) is 6.97. The number of hydrogen-bond donors (Lipinski definition) is 1. The Hall–Kier alpha value is -1.88. The predicted molar refractivity (Wildman–Crippen MR) is 80.1 cm³/mol. The zero-order chi connectivity index (χ0) is 14.4. The number of nitrogens with two attached hydrogens (primary N) is 1. The van der Waals surface area contributed by atoms with Gasteiger partial charge in [0.25, 0.3) is 0 Å². The van der Waals surface area contributed by atoms with E-state index in [0.29, 0.717) is 11.7 Å². The molecule has 0 aliphatic rings. The summed E-state index contributed by atoms with van der Waals surface area (Å²) in [4.78, 5) is 8.32.